The van der Waals surface area contributed by atoms with E-state index in [1.807, 2.05) is 0 Å². The fourth-order valence-electron chi connectivity index (χ4n) is 5.09. The number of rotatable bonds is 3. The Morgan fingerprint density at radius 1 is 1.28 bits per heavy atom. The topological polar surface area (TPSA) is 101 Å². The van der Waals surface area contributed by atoms with E-state index in [4.69, 9.17) is 4.74 Å². The molecule has 2 N–H and O–H groups in total. The van der Waals surface area contributed by atoms with Gasteiger partial charge in [0.2, 0.25) is 5.43 Å². The van der Waals surface area contributed by atoms with Crippen molar-refractivity contribution in [3.8, 4) is 5.75 Å². The highest BCUT2D eigenvalue weighted by Gasteiger charge is 2.47. The maximum absolute atomic E-state index is 13.7. The quantitative estimate of drug-likeness (QED) is 0.761. The van der Waals surface area contributed by atoms with E-state index in [2.05, 4.69) is 5.32 Å². The molecule has 0 spiro atoms. The van der Waals surface area contributed by atoms with Gasteiger partial charge in [0, 0.05) is 12.2 Å². The number of nitrogens with zero attached hydrogens (tertiary/aromatic N) is 2. The largest absolute Gasteiger partial charge is 0.503 e. The predicted octanol–water partition coefficient (Wildman–Crippen LogP) is 2.23. The van der Waals surface area contributed by atoms with Gasteiger partial charge < -0.3 is 24.6 Å². The zero-order valence-electron chi connectivity index (χ0n) is 17.8. The van der Waals surface area contributed by atoms with Crippen LogP contribution in [0.4, 0.5) is 4.39 Å². The minimum atomic E-state index is -0.912. The lowest BCUT2D eigenvalue weighted by atomic mass is 10.0. The van der Waals surface area contributed by atoms with Crippen molar-refractivity contribution in [3.63, 3.8) is 0 Å². The Morgan fingerprint density at radius 2 is 2.06 bits per heavy atom. The molecule has 0 unspecified atom stereocenters. The maximum atomic E-state index is 13.7. The summed E-state index contributed by atoms with van der Waals surface area (Å²) in [6.45, 7) is 3.64. The number of aromatic nitrogens is 1. The number of nitrogens with one attached hydrogen (secondary N) is 1. The normalized spacial score (nSPS) is 24.7. The zero-order valence-corrected chi connectivity index (χ0v) is 17.8. The van der Waals surface area contributed by atoms with E-state index in [-0.39, 0.29) is 29.9 Å². The molecule has 168 valence electrons. The molecule has 1 aliphatic carbocycles. The number of hydrogen-bond donors (Lipinski definition) is 2. The van der Waals surface area contributed by atoms with E-state index in [0.717, 1.165) is 19.3 Å². The summed E-state index contributed by atoms with van der Waals surface area (Å²) in [5.41, 5.74) is -0.0608. The van der Waals surface area contributed by atoms with Gasteiger partial charge in [0.15, 0.2) is 17.7 Å². The molecule has 4 atom stereocenters. The second-order valence-corrected chi connectivity index (χ2v) is 8.87. The Kier molecular flexibility index (Phi) is 4.81. The minimum absolute atomic E-state index is 0.0352. The summed E-state index contributed by atoms with van der Waals surface area (Å²) >= 11 is 0. The standard InChI is InChI=1S/C23H24FN3O5/c1-11-5-13(7-14(24)6-11)12(2)25-22(30)17-9-26-10-18-27(15-3-4-16(8-15)32-18)23(31)19(26)21(29)20(17)28/h5-7,9,12,15-16,18,29H,3-4,8,10H2,1-2H3,(H,25,30)/t12-,15+,16-,18-/m0/s1. The molecule has 3 heterocycles. The average molecular weight is 441 g/mol. The second kappa shape index (κ2) is 7.44. The number of carbonyl (C=O) groups is 2. The van der Waals surface area contributed by atoms with Gasteiger partial charge in [0.05, 0.1) is 18.7 Å². The molecule has 2 bridgehead atoms. The monoisotopic (exact) mass is 441 g/mol. The summed E-state index contributed by atoms with van der Waals surface area (Å²) < 4.78 is 21.2. The number of carbonyl (C=O) groups excluding carboxylic acids is 2. The molecular formula is C23H24FN3O5. The second-order valence-electron chi connectivity index (χ2n) is 8.87. The van der Waals surface area contributed by atoms with E-state index in [9.17, 15) is 23.9 Å². The van der Waals surface area contributed by atoms with Crippen molar-refractivity contribution in [1.29, 1.82) is 0 Å². The Morgan fingerprint density at radius 3 is 2.81 bits per heavy atom. The molecule has 9 heteroatoms. The van der Waals surface area contributed by atoms with Crippen LogP contribution in [0.3, 0.4) is 0 Å². The molecule has 2 aliphatic heterocycles. The van der Waals surface area contributed by atoms with E-state index >= 15 is 0 Å². The number of hydrogen-bond acceptors (Lipinski definition) is 5. The highest BCUT2D eigenvalue weighted by atomic mass is 19.1. The number of benzene rings is 1. The van der Waals surface area contributed by atoms with Crippen LogP contribution in [0.25, 0.3) is 0 Å². The molecule has 1 aromatic heterocycles. The van der Waals surface area contributed by atoms with Gasteiger partial charge in [-0.25, -0.2) is 4.39 Å². The van der Waals surface area contributed by atoms with Gasteiger partial charge >= 0.3 is 0 Å². The number of aryl methyl sites for hydroxylation is 1. The summed E-state index contributed by atoms with van der Waals surface area (Å²) in [6.07, 6.45) is 3.36. The molecular weight excluding hydrogens is 417 g/mol. The van der Waals surface area contributed by atoms with E-state index in [1.54, 1.807) is 24.8 Å². The van der Waals surface area contributed by atoms with Crippen molar-refractivity contribution >= 4 is 11.8 Å². The Balaban J connectivity index is 1.46. The van der Waals surface area contributed by atoms with Crippen LogP contribution in [0.1, 0.15) is 64.2 Å². The van der Waals surface area contributed by atoms with Gasteiger partial charge in [0.25, 0.3) is 11.8 Å². The fourth-order valence-corrected chi connectivity index (χ4v) is 5.09. The first-order valence-electron chi connectivity index (χ1n) is 10.8. The van der Waals surface area contributed by atoms with Crippen LogP contribution in [-0.2, 0) is 11.3 Å². The molecule has 1 saturated heterocycles. The van der Waals surface area contributed by atoms with E-state index < -0.39 is 41.1 Å². The van der Waals surface area contributed by atoms with Crippen LogP contribution in [0.15, 0.2) is 29.2 Å². The molecule has 3 aliphatic rings. The Labute approximate surface area is 183 Å². The summed E-state index contributed by atoms with van der Waals surface area (Å²) in [4.78, 5) is 40.4. The van der Waals surface area contributed by atoms with Crippen molar-refractivity contribution in [1.82, 2.24) is 14.8 Å². The van der Waals surface area contributed by atoms with Crippen LogP contribution in [-0.4, -0.2) is 44.8 Å². The van der Waals surface area contributed by atoms with Crippen molar-refractivity contribution in [2.75, 3.05) is 0 Å². The summed E-state index contributed by atoms with van der Waals surface area (Å²) in [5, 5.41) is 13.3. The Hall–Kier alpha value is -3.20. The van der Waals surface area contributed by atoms with Crippen LogP contribution < -0.4 is 10.7 Å². The average Bonchev–Trinajstić information content (AvgIpc) is 3.10. The third-order valence-corrected chi connectivity index (χ3v) is 6.61. The van der Waals surface area contributed by atoms with Gasteiger partial charge in [-0.15, -0.1) is 0 Å². The van der Waals surface area contributed by atoms with Crippen LogP contribution in [0.2, 0.25) is 0 Å². The molecule has 1 aromatic carbocycles. The van der Waals surface area contributed by atoms with Crippen LogP contribution >= 0.6 is 0 Å². The Bertz CT molecular complexity index is 1170. The number of amides is 2. The molecule has 2 fully saturated rings. The minimum Gasteiger partial charge on any atom is -0.503 e. The molecule has 8 nitrogen and oxygen atoms in total. The van der Waals surface area contributed by atoms with Crippen LogP contribution in [0.5, 0.6) is 5.75 Å². The predicted molar refractivity (Wildman–Crippen MR) is 112 cm³/mol. The van der Waals surface area contributed by atoms with E-state index in [0.29, 0.717) is 11.1 Å². The fraction of sp³-hybridized carbons (Fsp3) is 0.435. The summed E-state index contributed by atoms with van der Waals surface area (Å²) in [6, 6.07) is 3.90. The molecule has 2 amide bonds. The molecule has 0 radical (unpaired) electrons. The number of halogens is 1. The SMILES string of the molecule is Cc1cc(F)cc([C@H](C)NC(=O)c2cn3c(c(O)c2=O)C(=O)N2[C@@H]4CC[C@@H](C4)O[C@H]2C3)c1. The molecule has 1 saturated carbocycles. The lowest BCUT2D eigenvalue weighted by Crippen LogP contribution is -2.57. The van der Waals surface area contributed by atoms with Gasteiger partial charge in [-0.3, -0.25) is 14.4 Å². The third-order valence-electron chi connectivity index (χ3n) is 6.61. The first-order chi connectivity index (χ1) is 15.2. The smallest absolute Gasteiger partial charge is 0.276 e. The molecule has 2 aromatic rings. The van der Waals surface area contributed by atoms with Crippen molar-refractivity contribution in [2.24, 2.45) is 0 Å². The number of fused-ring (bicyclic) bond motifs is 5. The number of ether oxygens (including phenoxy) is 1. The van der Waals surface area contributed by atoms with Crippen molar-refractivity contribution in [2.45, 2.75) is 64.1 Å². The third kappa shape index (κ3) is 3.28. The first kappa shape index (κ1) is 20.7. The van der Waals surface area contributed by atoms with Gasteiger partial charge in [-0.1, -0.05) is 6.07 Å². The van der Waals surface area contributed by atoms with Gasteiger partial charge in [0.1, 0.15) is 11.4 Å². The van der Waals surface area contributed by atoms with Gasteiger partial charge in [-0.05, 0) is 56.4 Å². The lowest BCUT2D eigenvalue weighted by molar-refractivity contribution is -0.132. The summed E-state index contributed by atoms with van der Waals surface area (Å²) in [5.74, 6) is -2.33. The zero-order chi connectivity index (χ0) is 22.7. The highest BCUT2D eigenvalue weighted by Crippen LogP contribution is 2.38. The van der Waals surface area contributed by atoms with Crippen LogP contribution in [0, 0.1) is 12.7 Å². The maximum Gasteiger partial charge on any atom is 0.276 e. The van der Waals surface area contributed by atoms with Crippen molar-refractivity contribution < 1.29 is 23.8 Å². The number of aromatic hydroxyl groups is 1. The lowest BCUT2D eigenvalue weighted by Gasteiger charge is -2.44. The van der Waals surface area contributed by atoms with Gasteiger partial charge in [-0.2, -0.15) is 0 Å². The highest BCUT2D eigenvalue weighted by molar-refractivity contribution is 5.99. The number of pyridine rings is 1. The molecule has 32 heavy (non-hydrogen) atoms. The molecule has 5 rings (SSSR count). The van der Waals surface area contributed by atoms with E-state index in [1.165, 1.54) is 22.9 Å². The van der Waals surface area contributed by atoms with Crippen molar-refractivity contribution in [3.05, 3.63) is 62.8 Å². The first-order valence-corrected chi connectivity index (χ1v) is 10.8. The summed E-state index contributed by atoms with van der Waals surface area (Å²) in [7, 11) is 0.